The molecule has 0 saturated carbocycles. The van der Waals surface area contributed by atoms with E-state index < -0.39 is 53.3 Å². The second kappa shape index (κ2) is 8.47. The zero-order valence-corrected chi connectivity index (χ0v) is 15.1. The van der Waals surface area contributed by atoms with E-state index in [0.717, 1.165) is 13.2 Å². The van der Waals surface area contributed by atoms with Crippen LogP contribution in [0.25, 0.3) is 0 Å². The summed E-state index contributed by atoms with van der Waals surface area (Å²) in [6.07, 6.45) is 1.60. The zero-order chi connectivity index (χ0) is 23.6. The Balaban J connectivity index is 2.59. The van der Waals surface area contributed by atoms with E-state index in [1.165, 1.54) is 0 Å². The highest BCUT2D eigenvalue weighted by Crippen LogP contribution is 2.24. The molecule has 138 valence electrons. The summed E-state index contributed by atoms with van der Waals surface area (Å²) in [5.41, 5.74) is -1.38. The van der Waals surface area contributed by atoms with Gasteiger partial charge < -0.3 is 15.2 Å². The first-order valence-corrected chi connectivity index (χ1v) is 8.10. The summed E-state index contributed by atoms with van der Waals surface area (Å²) in [6.45, 7) is 5.74. The summed E-state index contributed by atoms with van der Waals surface area (Å²) in [6, 6.07) is -3.19. The number of nitrogens with zero attached hydrogens (tertiary/aromatic N) is 1. The van der Waals surface area contributed by atoms with Gasteiger partial charge in [-0.05, 0) is 31.3 Å². The number of hydrogen-bond donors (Lipinski definition) is 2. The summed E-state index contributed by atoms with van der Waals surface area (Å²) in [5, 5.41) is 13.2. The number of allylic oxidation sites excluding steroid dienone is 1. The molecule has 1 aromatic carbocycles. The lowest BCUT2D eigenvalue weighted by molar-refractivity contribution is -0.135. The van der Waals surface area contributed by atoms with E-state index in [1.807, 2.05) is 13.8 Å². The van der Waals surface area contributed by atoms with Crippen molar-refractivity contribution in [1.82, 2.24) is 0 Å². The van der Waals surface area contributed by atoms with Gasteiger partial charge in [0.25, 0.3) is 0 Å². The van der Waals surface area contributed by atoms with Gasteiger partial charge in [0.1, 0.15) is 11.3 Å². The summed E-state index contributed by atoms with van der Waals surface area (Å²) in [4.78, 5) is 29.4. The summed E-state index contributed by atoms with van der Waals surface area (Å²) >= 11 is 0. The van der Waals surface area contributed by atoms with Crippen molar-refractivity contribution in [3.05, 3.63) is 53.3 Å². The molecule has 2 N–H and O–H groups in total. The number of aliphatic imine (C=N–C) groups is 1. The monoisotopic (exact) mass is 361 g/mol. The van der Waals surface area contributed by atoms with Crippen molar-refractivity contribution in [2.45, 2.75) is 33.2 Å². The van der Waals surface area contributed by atoms with E-state index in [9.17, 15) is 14.7 Å². The molecule has 0 radical (unpaired) electrons. The van der Waals surface area contributed by atoms with Crippen LogP contribution in [-0.2, 0) is 14.3 Å². The van der Waals surface area contributed by atoms with Gasteiger partial charge in [-0.15, -0.1) is 0 Å². The molecule has 1 aliphatic rings. The van der Waals surface area contributed by atoms with Crippen LogP contribution in [0.1, 0.15) is 34.0 Å². The number of anilines is 1. The lowest BCUT2D eigenvalue weighted by atomic mass is 9.96. The third kappa shape index (κ3) is 4.59. The van der Waals surface area contributed by atoms with Crippen molar-refractivity contribution in [3.63, 3.8) is 0 Å². The minimum Gasteiger partial charge on any atom is -0.505 e. The Bertz CT molecular complexity index is 1000. The number of hydrogen-bond acceptors (Lipinski definition) is 6. The topological polar surface area (TPSA) is 88.0 Å². The third-order valence-corrected chi connectivity index (χ3v) is 3.55. The Morgan fingerprint density at radius 2 is 1.96 bits per heavy atom. The number of ether oxygens (including phenoxy) is 1. The van der Waals surface area contributed by atoms with E-state index in [1.54, 1.807) is 6.92 Å². The maximum absolute atomic E-state index is 12.8. The molecule has 2 rings (SSSR count). The highest BCUT2D eigenvalue weighted by atomic mass is 16.5. The number of nitrogens with one attached hydrogen (secondary N) is 1. The third-order valence-electron chi connectivity index (χ3n) is 3.55. The van der Waals surface area contributed by atoms with Crippen LogP contribution >= 0.6 is 0 Å². The second-order valence-corrected chi connectivity index (χ2v) is 6.22. The zero-order valence-electron chi connectivity index (χ0n) is 20.1. The van der Waals surface area contributed by atoms with E-state index in [-0.39, 0.29) is 29.1 Å². The molecule has 1 aliphatic carbocycles. The fourth-order valence-electron chi connectivity index (χ4n) is 2.56. The number of esters is 1. The first-order chi connectivity index (χ1) is 14.4. The molecule has 0 bridgehead atoms. The largest absolute Gasteiger partial charge is 0.505 e. The number of carbonyl (C=O) groups is 2. The average molecular weight is 361 g/mol. The van der Waals surface area contributed by atoms with Crippen LogP contribution in [0.5, 0.6) is 0 Å². The van der Waals surface area contributed by atoms with E-state index in [4.69, 9.17) is 11.6 Å². The summed E-state index contributed by atoms with van der Waals surface area (Å²) in [5.74, 6) is -2.07. The molecule has 0 heterocycles. The smallest absolute Gasteiger partial charge is 0.344 e. The van der Waals surface area contributed by atoms with Gasteiger partial charge in [0.05, 0.1) is 19.7 Å². The molecule has 26 heavy (non-hydrogen) atoms. The molecule has 1 unspecified atom stereocenters. The molecule has 0 aliphatic heterocycles. The predicted octanol–water partition coefficient (Wildman–Crippen LogP) is 3.43. The minimum atomic E-state index is -0.991. The lowest BCUT2D eigenvalue weighted by Gasteiger charge is -2.20. The molecular formula is C20H24N2O4. The molecular weight excluding hydrogens is 332 g/mol. The van der Waals surface area contributed by atoms with Gasteiger partial charge in [0, 0.05) is 17.8 Å². The summed E-state index contributed by atoms with van der Waals surface area (Å²) in [7, 11) is 1.09. The molecule has 1 aromatic rings. The number of para-hydroxylation sites is 1. The van der Waals surface area contributed by atoms with Crippen LogP contribution in [0, 0.1) is 5.92 Å². The second-order valence-electron chi connectivity index (χ2n) is 6.22. The molecule has 0 aromatic heterocycles. The van der Waals surface area contributed by atoms with Crippen LogP contribution in [0.15, 0.2) is 58.3 Å². The van der Waals surface area contributed by atoms with Crippen molar-refractivity contribution in [2.75, 3.05) is 12.4 Å². The van der Waals surface area contributed by atoms with Gasteiger partial charge in [-0.1, -0.05) is 32.0 Å². The van der Waals surface area contributed by atoms with Gasteiger partial charge in [-0.25, -0.2) is 4.79 Å². The molecule has 1 atom stereocenters. The van der Waals surface area contributed by atoms with Crippen LogP contribution in [0.4, 0.5) is 5.69 Å². The quantitative estimate of drug-likeness (QED) is 0.599. The number of benzene rings is 1. The normalized spacial score (nSPS) is 20.0. The number of ketones is 1. The summed E-state index contributed by atoms with van der Waals surface area (Å²) < 4.78 is 43.8. The average Bonchev–Trinajstić information content (AvgIpc) is 2.70. The lowest BCUT2D eigenvalue weighted by Crippen LogP contribution is -2.30. The molecule has 6 heteroatoms. The molecule has 0 saturated heterocycles. The Labute approximate surface area is 160 Å². The van der Waals surface area contributed by atoms with Crippen LogP contribution < -0.4 is 5.32 Å². The Kier molecular flexibility index (Phi) is 4.34. The van der Waals surface area contributed by atoms with Crippen molar-refractivity contribution in [1.29, 1.82) is 0 Å². The maximum Gasteiger partial charge on any atom is 0.344 e. The first kappa shape index (κ1) is 13.3. The molecule has 6 nitrogen and oxygen atoms in total. The van der Waals surface area contributed by atoms with Gasteiger partial charge in [-0.2, -0.15) is 0 Å². The van der Waals surface area contributed by atoms with E-state index >= 15 is 0 Å². The van der Waals surface area contributed by atoms with E-state index in [2.05, 4.69) is 10.3 Å². The molecule has 0 amide bonds. The Morgan fingerprint density at radius 3 is 2.54 bits per heavy atom. The Hall–Kier alpha value is -2.89. The van der Waals surface area contributed by atoms with Crippen molar-refractivity contribution in [3.8, 4) is 0 Å². The SMILES string of the molecule is [2H]c1c([2H])c([2H])c(NC2=CC(=O)C(=NC(C)CC(C)C)C(C(=O)OC)=C2O)c([2H])c1[2H]. The number of rotatable bonds is 6. The van der Waals surface area contributed by atoms with Crippen LogP contribution in [-0.4, -0.2) is 35.7 Å². The minimum absolute atomic E-state index is 0.260. The van der Waals surface area contributed by atoms with Crippen LogP contribution in [0.2, 0.25) is 0 Å². The predicted molar refractivity (Wildman–Crippen MR) is 101 cm³/mol. The number of methoxy groups -OCH3 is 1. The van der Waals surface area contributed by atoms with Gasteiger partial charge in [0.15, 0.2) is 5.76 Å². The number of aliphatic hydroxyl groups is 1. The number of aliphatic hydroxyl groups excluding tert-OH is 1. The Morgan fingerprint density at radius 1 is 1.31 bits per heavy atom. The fraction of sp³-hybridized carbons (Fsp3) is 0.350. The number of carbonyl (C=O) groups excluding carboxylic acids is 2. The van der Waals surface area contributed by atoms with E-state index in [0.29, 0.717) is 6.42 Å². The van der Waals surface area contributed by atoms with Crippen molar-refractivity contribution < 1.29 is 26.3 Å². The van der Waals surface area contributed by atoms with Crippen molar-refractivity contribution in [2.24, 2.45) is 10.9 Å². The van der Waals surface area contributed by atoms with Crippen molar-refractivity contribution >= 4 is 23.2 Å². The van der Waals surface area contributed by atoms with Gasteiger partial charge in [0.2, 0.25) is 5.78 Å². The molecule has 0 fully saturated rings. The highest BCUT2D eigenvalue weighted by molar-refractivity contribution is 6.55. The highest BCUT2D eigenvalue weighted by Gasteiger charge is 2.33. The first-order valence-electron chi connectivity index (χ1n) is 10.6. The maximum atomic E-state index is 12.8. The fourth-order valence-corrected chi connectivity index (χ4v) is 2.56. The standard InChI is InChI=1S/C20H24N2O4/c1-12(2)10-13(3)21-18-16(23)11-15(19(24)17(18)20(25)26-4)22-14-8-6-5-7-9-14/h5-9,11-13,22,24H,10H2,1-4H3/i5D,6D,7D,8D,9D. The van der Waals surface area contributed by atoms with Crippen LogP contribution in [0.3, 0.4) is 0 Å². The molecule has 0 spiro atoms. The van der Waals surface area contributed by atoms with Gasteiger partial charge in [-0.3, -0.25) is 9.79 Å². The van der Waals surface area contributed by atoms with Gasteiger partial charge >= 0.3 is 5.97 Å².